The molecule has 1 atom stereocenters. The maximum atomic E-state index is 13.3. The summed E-state index contributed by atoms with van der Waals surface area (Å²) in [4.78, 5) is 16.8. The molecule has 0 saturated carbocycles. The first-order chi connectivity index (χ1) is 13.4. The van der Waals surface area contributed by atoms with Crippen LogP contribution in [0.3, 0.4) is 0 Å². The monoisotopic (exact) mass is 458 g/mol. The number of hydrogen-bond donors (Lipinski definition) is 1. The zero-order chi connectivity index (χ0) is 20.1. The molecule has 144 valence electrons. The van der Waals surface area contributed by atoms with Gasteiger partial charge in [0.05, 0.1) is 4.90 Å². The van der Waals surface area contributed by atoms with Crippen molar-refractivity contribution in [1.82, 2.24) is 10.3 Å². The lowest BCUT2D eigenvalue weighted by atomic mass is 10.2. The van der Waals surface area contributed by atoms with E-state index in [1.165, 1.54) is 6.20 Å². The number of carbonyl (C=O) groups excluding carboxylic acids is 1. The summed E-state index contributed by atoms with van der Waals surface area (Å²) in [5.74, 6) is -0.339. The molecule has 0 aliphatic rings. The van der Waals surface area contributed by atoms with Gasteiger partial charge in [-0.25, -0.2) is 8.42 Å². The molecule has 3 aromatic rings. The second kappa shape index (κ2) is 8.67. The van der Waals surface area contributed by atoms with Crippen molar-refractivity contribution >= 4 is 31.7 Å². The van der Waals surface area contributed by atoms with Gasteiger partial charge in [0.2, 0.25) is 0 Å². The number of halogens is 1. The molecule has 0 radical (unpaired) electrons. The Kier molecular flexibility index (Phi) is 6.26. The Morgan fingerprint density at radius 1 is 1.11 bits per heavy atom. The van der Waals surface area contributed by atoms with Gasteiger partial charge in [0.25, 0.3) is 5.91 Å². The summed E-state index contributed by atoms with van der Waals surface area (Å²) >= 11 is 3.33. The van der Waals surface area contributed by atoms with Crippen LogP contribution in [0.15, 0.2) is 82.4 Å². The predicted molar refractivity (Wildman–Crippen MR) is 112 cm³/mol. The van der Waals surface area contributed by atoms with E-state index in [9.17, 15) is 13.2 Å². The lowest BCUT2D eigenvalue weighted by Crippen LogP contribution is -2.32. The number of amides is 1. The quantitative estimate of drug-likeness (QED) is 0.603. The lowest BCUT2D eigenvalue weighted by Gasteiger charge is -2.19. The molecule has 1 amide bonds. The minimum atomic E-state index is -3.72. The molecule has 0 aliphatic heterocycles. The summed E-state index contributed by atoms with van der Waals surface area (Å²) in [5.41, 5.74) is 1.95. The molecule has 1 unspecified atom stereocenters. The van der Waals surface area contributed by atoms with E-state index >= 15 is 0 Å². The Labute approximate surface area is 172 Å². The number of aromatic nitrogens is 1. The summed E-state index contributed by atoms with van der Waals surface area (Å²) < 4.78 is 27.3. The molecule has 7 heteroatoms. The highest BCUT2D eigenvalue weighted by Gasteiger charge is 2.30. The van der Waals surface area contributed by atoms with Crippen LogP contribution in [0, 0.1) is 6.92 Å². The SMILES string of the molecule is Cc1ccc(S(=O)(=O)C(CNC(=O)c2cccc(Br)c2)c2cccnc2)cc1. The standard InChI is InChI=1S/C21H19BrN2O3S/c1-15-7-9-19(10-8-15)28(26,27)20(17-5-3-11-23-13-17)14-24-21(25)16-4-2-6-18(22)12-16/h2-13,20H,14H2,1H3,(H,24,25). The van der Waals surface area contributed by atoms with E-state index in [0.29, 0.717) is 11.1 Å². The molecule has 28 heavy (non-hydrogen) atoms. The number of rotatable bonds is 6. The molecule has 1 heterocycles. The Hall–Kier alpha value is -2.51. The number of benzene rings is 2. The van der Waals surface area contributed by atoms with E-state index in [4.69, 9.17) is 0 Å². The summed E-state index contributed by atoms with van der Waals surface area (Å²) in [6.45, 7) is 1.83. The first kappa shape index (κ1) is 20.2. The van der Waals surface area contributed by atoms with Crippen molar-refractivity contribution in [3.05, 3.63) is 94.2 Å². The number of carbonyl (C=O) groups is 1. The first-order valence-electron chi connectivity index (χ1n) is 8.62. The van der Waals surface area contributed by atoms with Gasteiger partial charge >= 0.3 is 0 Å². The van der Waals surface area contributed by atoms with Crippen LogP contribution in [0.25, 0.3) is 0 Å². The molecule has 0 saturated heterocycles. The Bertz CT molecular complexity index is 1070. The van der Waals surface area contributed by atoms with Gasteiger partial charge in [0.15, 0.2) is 9.84 Å². The van der Waals surface area contributed by atoms with Crippen molar-refractivity contribution in [3.63, 3.8) is 0 Å². The fourth-order valence-electron chi connectivity index (χ4n) is 2.78. The Morgan fingerprint density at radius 2 is 1.86 bits per heavy atom. The summed E-state index contributed by atoms with van der Waals surface area (Å²) in [6, 6.07) is 17.0. The molecule has 1 aromatic heterocycles. The second-order valence-electron chi connectivity index (χ2n) is 6.35. The average molecular weight is 459 g/mol. The van der Waals surface area contributed by atoms with Crippen molar-refractivity contribution in [2.75, 3.05) is 6.54 Å². The zero-order valence-electron chi connectivity index (χ0n) is 15.2. The van der Waals surface area contributed by atoms with Crippen molar-refractivity contribution in [3.8, 4) is 0 Å². The van der Waals surface area contributed by atoms with Crippen LogP contribution in [0.2, 0.25) is 0 Å². The van der Waals surface area contributed by atoms with Crippen LogP contribution >= 0.6 is 15.9 Å². The summed E-state index contributed by atoms with van der Waals surface area (Å²) in [6.07, 6.45) is 3.10. The maximum Gasteiger partial charge on any atom is 0.251 e. The molecule has 5 nitrogen and oxygen atoms in total. The zero-order valence-corrected chi connectivity index (χ0v) is 17.6. The number of nitrogens with one attached hydrogen (secondary N) is 1. The smallest absolute Gasteiger partial charge is 0.251 e. The van der Waals surface area contributed by atoms with Crippen LogP contribution < -0.4 is 5.32 Å². The molecular weight excluding hydrogens is 440 g/mol. The van der Waals surface area contributed by atoms with Gasteiger partial charge in [0, 0.05) is 29.0 Å². The fraction of sp³-hybridized carbons (Fsp3) is 0.143. The van der Waals surface area contributed by atoms with Gasteiger partial charge in [-0.3, -0.25) is 9.78 Å². The molecule has 0 bridgehead atoms. The lowest BCUT2D eigenvalue weighted by molar-refractivity contribution is 0.0953. The van der Waals surface area contributed by atoms with E-state index < -0.39 is 15.1 Å². The molecule has 0 aliphatic carbocycles. The van der Waals surface area contributed by atoms with E-state index in [2.05, 4.69) is 26.2 Å². The van der Waals surface area contributed by atoms with Crippen LogP contribution in [0.1, 0.15) is 26.7 Å². The number of hydrogen-bond acceptors (Lipinski definition) is 4. The third-order valence-corrected chi connectivity index (χ3v) is 6.93. The third-order valence-electron chi connectivity index (χ3n) is 4.32. The number of nitrogens with zero attached hydrogens (tertiary/aromatic N) is 1. The molecule has 0 spiro atoms. The minimum absolute atomic E-state index is 0.0623. The summed E-state index contributed by atoms with van der Waals surface area (Å²) in [5, 5.41) is 1.80. The second-order valence-corrected chi connectivity index (χ2v) is 9.40. The number of aryl methyl sites for hydroxylation is 1. The van der Waals surface area contributed by atoms with Crippen molar-refractivity contribution < 1.29 is 13.2 Å². The van der Waals surface area contributed by atoms with E-state index in [1.807, 2.05) is 13.0 Å². The van der Waals surface area contributed by atoms with Gasteiger partial charge in [-0.15, -0.1) is 0 Å². The summed E-state index contributed by atoms with van der Waals surface area (Å²) in [7, 11) is -3.72. The molecular formula is C21H19BrN2O3S. The number of sulfone groups is 1. The maximum absolute atomic E-state index is 13.3. The van der Waals surface area contributed by atoms with Crippen LogP contribution in [0.4, 0.5) is 0 Å². The van der Waals surface area contributed by atoms with Crippen molar-refractivity contribution in [1.29, 1.82) is 0 Å². The Balaban J connectivity index is 1.90. The largest absolute Gasteiger partial charge is 0.350 e. The normalized spacial score (nSPS) is 12.4. The fourth-order valence-corrected chi connectivity index (χ4v) is 4.83. The van der Waals surface area contributed by atoms with Crippen molar-refractivity contribution in [2.45, 2.75) is 17.1 Å². The van der Waals surface area contributed by atoms with Crippen LogP contribution in [-0.2, 0) is 9.84 Å². The van der Waals surface area contributed by atoms with Gasteiger partial charge < -0.3 is 5.32 Å². The van der Waals surface area contributed by atoms with Gasteiger partial charge in [0.1, 0.15) is 5.25 Å². The Morgan fingerprint density at radius 3 is 2.50 bits per heavy atom. The van der Waals surface area contributed by atoms with E-state index in [-0.39, 0.29) is 17.3 Å². The van der Waals surface area contributed by atoms with E-state index in [1.54, 1.807) is 60.8 Å². The van der Waals surface area contributed by atoms with Gasteiger partial charge in [-0.1, -0.05) is 45.8 Å². The first-order valence-corrected chi connectivity index (χ1v) is 11.0. The highest BCUT2D eigenvalue weighted by molar-refractivity contribution is 9.10. The third kappa shape index (κ3) is 4.66. The predicted octanol–water partition coefficient (Wildman–Crippen LogP) is 4.10. The van der Waals surface area contributed by atoms with Crippen LogP contribution in [0.5, 0.6) is 0 Å². The molecule has 2 aromatic carbocycles. The number of pyridine rings is 1. The van der Waals surface area contributed by atoms with Gasteiger partial charge in [-0.05, 0) is 48.9 Å². The van der Waals surface area contributed by atoms with Gasteiger partial charge in [-0.2, -0.15) is 0 Å². The average Bonchev–Trinajstić information content (AvgIpc) is 2.69. The topological polar surface area (TPSA) is 76.1 Å². The van der Waals surface area contributed by atoms with Crippen molar-refractivity contribution in [2.24, 2.45) is 0 Å². The molecule has 0 fully saturated rings. The molecule has 3 rings (SSSR count). The minimum Gasteiger partial charge on any atom is -0.350 e. The van der Waals surface area contributed by atoms with E-state index in [0.717, 1.165) is 10.0 Å². The highest BCUT2D eigenvalue weighted by atomic mass is 79.9. The van der Waals surface area contributed by atoms with Crippen LogP contribution in [-0.4, -0.2) is 25.9 Å². The highest BCUT2D eigenvalue weighted by Crippen LogP contribution is 2.28. The molecule has 1 N–H and O–H groups in total.